The van der Waals surface area contributed by atoms with Crippen LogP contribution in [0.25, 0.3) is 0 Å². The van der Waals surface area contributed by atoms with E-state index in [0.29, 0.717) is 6.61 Å². The van der Waals surface area contributed by atoms with Crippen LogP contribution < -0.4 is 0 Å². The maximum absolute atomic E-state index is 4.91. The van der Waals surface area contributed by atoms with Crippen LogP contribution in [0.4, 0.5) is 0 Å². The van der Waals surface area contributed by atoms with Crippen LogP contribution in [0.1, 0.15) is 13.3 Å². The zero-order chi connectivity index (χ0) is 7.82. The zero-order valence-corrected chi connectivity index (χ0v) is 6.92. The minimum atomic E-state index is 0.604. The Balaban J connectivity index is 3.72. The summed E-state index contributed by atoms with van der Waals surface area (Å²) in [6.45, 7) is 2.70. The molecule has 10 heavy (non-hydrogen) atoms. The minimum absolute atomic E-state index is 0.604. The fraction of sp³-hybridized carbons (Fsp3) is 0.625. The van der Waals surface area contributed by atoms with Crippen molar-refractivity contribution in [1.29, 1.82) is 0 Å². The van der Waals surface area contributed by atoms with Gasteiger partial charge in [0.05, 0.1) is 12.3 Å². The van der Waals surface area contributed by atoms with Gasteiger partial charge in [-0.25, -0.2) is 0 Å². The van der Waals surface area contributed by atoms with Gasteiger partial charge < -0.3 is 4.74 Å². The van der Waals surface area contributed by atoms with Crippen molar-refractivity contribution in [2.75, 3.05) is 20.8 Å². The number of rotatable bonds is 4. The molecule has 0 aliphatic carbocycles. The molecule has 0 atom stereocenters. The average molecular weight is 141 g/mol. The van der Waals surface area contributed by atoms with Gasteiger partial charge in [0.2, 0.25) is 0 Å². The highest BCUT2D eigenvalue weighted by atomic mass is 16.5. The summed E-state index contributed by atoms with van der Waals surface area (Å²) in [5, 5.41) is 0. The number of nitrogens with zero attached hydrogens (tertiary/aromatic N) is 1. The van der Waals surface area contributed by atoms with Crippen LogP contribution in [-0.4, -0.2) is 26.5 Å². The molecule has 0 rings (SSSR count). The van der Waals surface area contributed by atoms with Crippen LogP contribution in [-0.2, 0) is 4.74 Å². The van der Waals surface area contributed by atoms with E-state index in [0.717, 1.165) is 12.1 Å². The molecule has 0 radical (unpaired) electrons. The molecular formula is C8H15NO. The van der Waals surface area contributed by atoms with Crippen molar-refractivity contribution in [2.24, 2.45) is 4.99 Å². The lowest BCUT2D eigenvalue weighted by Gasteiger charge is -1.95. The van der Waals surface area contributed by atoms with E-state index in [1.165, 1.54) is 0 Å². The maximum atomic E-state index is 4.91. The molecule has 2 heteroatoms. The third kappa shape index (κ3) is 4.27. The molecule has 0 aromatic heterocycles. The van der Waals surface area contributed by atoms with Gasteiger partial charge in [-0.15, -0.1) is 0 Å². The van der Waals surface area contributed by atoms with Crippen LogP contribution in [0, 0.1) is 0 Å². The van der Waals surface area contributed by atoms with E-state index >= 15 is 0 Å². The van der Waals surface area contributed by atoms with Gasteiger partial charge in [-0.2, -0.15) is 0 Å². The lowest BCUT2D eigenvalue weighted by atomic mass is 10.3. The van der Waals surface area contributed by atoms with E-state index in [1.54, 1.807) is 14.2 Å². The molecule has 0 amide bonds. The predicted octanol–water partition coefficient (Wildman–Crippen LogP) is 1.67. The highest BCUT2D eigenvalue weighted by Gasteiger charge is 1.87. The molecule has 58 valence electrons. The highest BCUT2D eigenvalue weighted by Crippen LogP contribution is 1.85. The zero-order valence-electron chi connectivity index (χ0n) is 6.92. The van der Waals surface area contributed by atoms with Crippen molar-refractivity contribution in [3.8, 4) is 0 Å². The van der Waals surface area contributed by atoms with Gasteiger partial charge >= 0.3 is 0 Å². The summed E-state index contributed by atoms with van der Waals surface area (Å²) in [6, 6.07) is 0. The van der Waals surface area contributed by atoms with E-state index in [4.69, 9.17) is 4.74 Å². The molecule has 0 saturated heterocycles. The van der Waals surface area contributed by atoms with E-state index in [2.05, 4.69) is 18.0 Å². The summed E-state index contributed by atoms with van der Waals surface area (Å²) < 4.78 is 4.91. The molecule has 0 bridgehead atoms. The average Bonchev–Trinajstić information content (AvgIpc) is 1.98. The standard InChI is InChI=1S/C8H15NO/c1-4-5-6-8(9-2)7-10-3/h5-6H,4,7H2,1-3H3/b6-5-,9-8?. The number of hydrogen-bond acceptors (Lipinski definition) is 2. The van der Waals surface area contributed by atoms with Crippen LogP contribution in [0.5, 0.6) is 0 Å². The van der Waals surface area contributed by atoms with Crippen LogP contribution in [0.2, 0.25) is 0 Å². The third-order valence-electron chi connectivity index (χ3n) is 1.13. The second-order valence-corrected chi connectivity index (χ2v) is 1.96. The Labute approximate surface area is 62.6 Å². The van der Waals surface area contributed by atoms with E-state index in [-0.39, 0.29) is 0 Å². The molecule has 0 spiro atoms. The Bertz CT molecular complexity index is 127. The number of aliphatic imine (C=N–C) groups is 1. The predicted molar refractivity (Wildman–Crippen MR) is 44.7 cm³/mol. The molecule has 2 nitrogen and oxygen atoms in total. The second-order valence-electron chi connectivity index (χ2n) is 1.96. The summed E-state index contributed by atoms with van der Waals surface area (Å²) >= 11 is 0. The molecule has 0 fully saturated rings. The number of hydrogen-bond donors (Lipinski definition) is 0. The Hall–Kier alpha value is -0.630. The summed E-state index contributed by atoms with van der Waals surface area (Å²) in [4.78, 5) is 4.02. The first-order valence-corrected chi connectivity index (χ1v) is 3.46. The largest absolute Gasteiger partial charge is 0.378 e. The minimum Gasteiger partial charge on any atom is -0.378 e. The van der Waals surface area contributed by atoms with Crippen LogP contribution in [0.15, 0.2) is 17.1 Å². The monoisotopic (exact) mass is 141 g/mol. The SMILES string of the molecule is CC/C=C\C(COC)=NC. The topological polar surface area (TPSA) is 21.6 Å². The van der Waals surface area contributed by atoms with Crippen molar-refractivity contribution in [2.45, 2.75) is 13.3 Å². The van der Waals surface area contributed by atoms with Crippen LogP contribution >= 0.6 is 0 Å². The first-order chi connectivity index (χ1) is 4.85. The van der Waals surface area contributed by atoms with Gasteiger partial charge in [0, 0.05) is 14.2 Å². The fourth-order valence-corrected chi connectivity index (χ4v) is 0.589. The van der Waals surface area contributed by atoms with Crippen molar-refractivity contribution in [3.05, 3.63) is 12.2 Å². The second kappa shape index (κ2) is 6.49. The van der Waals surface area contributed by atoms with E-state index < -0.39 is 0 Å². The molecule has 0 heterocycles. The molecule has 0 N–H and O–H groups in total. The molecule has 0 unspecified atom stereocenters. The number of methoxy groups -OCH3 is 1. The lowest BCUT2D eigenvalue weighted by Crippen LogP contribution is -2.02. The molecule has 0 aromatic rings. The van der Waals surface area contributed by atoms with Gasteiger partial charge in [-0.1, -0.05) is 13.0 Å². The molecular weight excluding hydrogens is 126 g/mol. The van der Waals surface area contributed by atoms with Crippen molar-refractivity contribution in [3.63, 3.8) is 0 Å². The Morgan fingerprint density at radius 1 is 1.60 bits per heavy atom. The van der Waals surface area contributed by atoms with Gasteiger partial charge in [-0.3, -0.25) is 4.99 Å². The number of ether oxygens (including phenoxy) is 1. The Kier molecular flexibility index (Phi) is 6.08. The van der Waals surface area contributed by atoms with Gasteiger partial charge in [0.25, 0.3) is 0 Å². The van der Waals surface area contributed by atoms with Crippen LogP contribution in [0.3, 0.4) is 0 Å². The number of allylic oxidation sites excluding steroid dienone is 1. The molecule has 0 aromatic carbocycles. The molecule has 0 saturated carbocycles. The first kappa shape index (κ1) is 9.37. The summed E-state index contributed by atoms with van der Waals surface area (Å²) in [7, 11) is 3.44. The van der Waals surface area contributed by atoms with E-state index in [1.807, 2.05) is 6.08 Å². The molecule has 0 aliphatic heterocycles. The fourth-order valence-electron chi connectivity index (χ4n) is 0.589. The Morgan fingerprint density at radius 3 is 2.70 bits per heavy atom. The van der Waals surface area contributed by atoms with Gasteiger partial charge in [0.1, 0.15) is 0 Å². The van der Waals surface area contributed by atoms with E-state index in [9.17, 15) is 0 Å². The normalized spacial score (nSPS) is 12.9. The van der Waals surface area contributed by atoms with Crippen molar-refractivity contribution < 1.29 is 4.74 Å². The van der Waals surface area contributed by atoms with Crippen molar-refractivity contribution in [1.82, 2.24) is 0 Å². The van der Waals surface area contributed by atoms with Gasteiger partial charge in [0.15, 0.2) is 0 Å². The first-order valence-electron chi connectivity index (χ1n) is 3.46. The summed E-state index contributed by atoms with van der Waals surface area (Å²) in [6.07, 6.45) is 5.10. The summed E-state index contributed by atoms with van der Waals surface area (Å²) in [5.41, 5.74) is 0.990. The highest BCUT2D eigenvalue weighted by molar-refractivity contribution is 5.95. The third-order valence-corrected chi connectivity index (χ3v) is 1.13. The summed E-state index contributed by atoms with van der Waals surface area (Å²) in [5.74, 6) is 0. The van der Waals surface area contributed by atoms with Gasteiger partial charge in [-0.05, 0) is 12.5 Å². The maximum Gasteiger partial charge on any atom is 0.0879 e. The quantitative estimate of drug-likeness (QED) is 0.546. The Morgan fingerprint density at radius 2 is 2.30 bits per heavy atom. The van der Waals surface area contributed by atoms with Crippen molar-refractivity contribution >= 4 is 5.71 Å². The lowest BCUT2D eigenvalue weighted by molar-refractivity contribution is 0.246. The molecule has 0 aliphatic rings. The smallest absolute Gasteiger partial charge is 0.0879 e.